The van der Waals surface area contributed by atoms with Crippen LogP contribution < -0.4 is 0 Å². The molecular formula is C13H23Al. The molecule has 0 atom stereocenters. The van der Waals surface area contributed by atoms with Gasteiger partial charge in [0.2, 0.25) is 0 Å². The summed E-state index contributed by atoms with van der Waals surface area (Å²) in [5, 5.41) is 2.88. The van der Waals surface area contributed by atoms with Gasteiger partial charge in [-0.15, -0.1) is 0 Å². The van der Waals surface area contributed by atoms with Gasteiger partial charge >= 0.3 is 0 Å². The van der Waals surface area contributed by atoms with Crippen molar-refractivity contribution in [1.29, 1.82) is 0 Å². The van der Waals surface area contributed by atoms with Crippen LogP contribution in [0.5, 0.6) is 0 Å². The third-order valence-corrected chi connectivity index (χ3v) is 8.24. The fourth-order valence-electron chi connectivity index (χ4n) is 2.85. The normalized spacial score (nSPS) is 18.4. The highest BCUT2D eigenvalue weighted by atomic mass is 27.2. The van der Waals surface area contributed by atoms with Gasteiger partial charge in [0, 0.05) is 0 Å². The molecule has 0 heterocycles. The van der Waals surface area contributed by atoms with Gasteiger partial charge in [0.25, 0.3) is 14.1 Å². The highest BCUT2D eigenvalue weighted by molar-refractivity contribution is 6.62. The molecule has 0 saturated carbocycles. The fraction of sp³-hybridized carbons (Fsp3) is 0.692. The van der Waals surface area contributed by atoms with Crippen molar-refractivity contribution < 1.29 is 0 Å². The van der Waals surface area contributed by atoms with Gasteiger partial charge in [-0.2, -0.15) is 0 Å². The Labute approximate surface area is 93.5 Å². The molecule has 0 bridgehead atoms. The van der Waals surface area contributed by atoms with Crippen molar-refractivity contribution in [2.45, 2.75) is 56.9 Å². The van der Waals surface area contributed by atoms with E-state index in [-0.39, 0.29) is 0 Å². The monoisotopic (exact) mass is 206 g/mol. The zero-order valence-corrected chi connectivity index (χ0v) is 11.7. The van der Waals surface area contributed by atoms with Crippen LogP contribution in [-0.4, -0.2) is 14.1 Å². The van der Waals surface area contributed by atoms with E-state index in [1.54, 1.807) is 22.3 Å². The van der Waals surface area contributed by atoms with Gasteiger partial charge in [-0.25, -0.2) is 0 Å². The average molecular weight is 206 g/mol. The molecule has 0 aromatic rings. The zero-order chi connectivity index (χ0) is 10.9. The summed E-state index contributed by atoms with van der Waals surface area (Å²) in [5.41, 5.74) is 6.51. The van der Waals surface area contributed by atoms with Crippen LogP contribution in [0.15, 0.2) is 22.3 Å². The maximum absolute atomic E-state index is 2.38. The van der Waals surface area contributed by atoms with E-state index < -0.39 is 14.1 Å². The molecule has 0 spiro atoms. The van der Waals surface area contributed by atoms with Crippen molar-refractivity contribution in [1.82, 2.24) is 0 Å². The zero-order valence-electron chi connectivity index (χ0n) is 10.6. The largest absolute Gasteiger partial charge is 0.276 e. The van der Waals surface area contributed by atoms with Crippen LogP contribution >= 0.6 is 0 Å². The predicted molar refractivity (Wildman–Crippen MR) is 67.2 cm³/mol. The first-order chi connectivity index (χ1) is 6.54. The SMILES string of the molecule is C[CH2][Al]([CH2]C)[CH]1C(C)=C(C)C(C)=C1C. The Balaban J connectivity index is 3.02. The first-order valence-electron chi connectivity index (χ1n) is 5.89. The maximum atomic E-state index is 2.38. The molecule has 1 heteroatoms. The lowest BCUT2D eigenvalue weighted by molar-refractivity contribution is 1.05. The number of rotatable bonds is 3. The molecule has 1 rings (SSSR count). The van der Waals surface area contributed by atoms with Gasteiger partial charge in [0.05, 0.1) is 0 Å². The molecule has 0 unspecified atom stereocenters. The second-order valence-electron chi connectivity index (χ2n) is 4.67. The minimum Gasteiger partial charge on any atom is -0.0961 e. The average Bonchev–Trinajstić information content (AvgIpc) is 2.37. The topological polar surface area (TPSA) is 0 Å². The first-order valence-corrected chi connectivity index (χ1v) is 8.19. The van der Waals surface area contributed by atoms with Crippen molar-refractivity contribution >= 4 is 14.1 Å². The molecule has 0 aromatic heterocycles. The van der Waals surface area contributed by atoms with Crippen LogP contribution in [0, 0.1) is 0 Å². The third kappa shape index (κ3) is 1.86. The van der Waals surface area contributed by atoms with Crippen molar-refractivity contribution in [3.05, 3.63) is 22.3 Å². The van der Waals surface area contributed by atoms with E-state index in [0.29, 0.717) is 0 Å². The van der Waals surface area contributed by atoms with Gasteiger partial charge in [-0.3, -0.25) is 0 Å². The van der Waals surface area contributed by atoms with E-state index in [4.69, 9.17) is 0 Å². The number of hydrogen-bond donors (Lipinski definition) is 0. The summed E-state index contributed by atoms with van der Waals surface area (Å²) in [4.78, 5) is 0. The van der Waals surface area contributed by atoms with Crippen LogP contribution in [0.1, 0.15) is 41.5 Å². The van der Waals surface area contributed by atoms with Crippen LogP contribution in [-0.2, 0) is 0 Å². The van der Waals surface area contributed by atoms with E-state index in [1.807, 2.05) is 0 Å². The summed E-state index contributed by atoms with van der Waals surface area (Å²) >= 11 is -0.553. The molecule has 0 aliphatic heterocycles. The molecule has 14 heavy (non-hydrogen) atoms. The van der Waals surface area contributed by atoms with Gasteiger partial charge in [-0.05, 0) is 32.5 Å². The van der Waals surface area contributed by atoms with E-state index in [2.05, 4.69) is 41.5 Å². The number of allylic oxidation sites excluding steroid dienone is 4. The summed E-state index contributed by atoms with van der Waals surface area (Å²) < 4.78 is 0.880. The quantitative estimate of drug-likeness (QED) is 0.593. The van der Waals surface area contributed by atoms with Gasteiger partial charge in [0.1, 0.15) is 0 Å². The Kier molecular flexibility index (Phi) is 4.05. The Morgan fingerprint density at radius 2 is 1.21 bits per heavy atom. The standard InChI is InChI=1S/C9H13.2C2H5.Al/c1-6-5-7(2)9(4)8(6)3;2*1-2;/h5H,1-4H3;2*1H2,2H3;. The maximum Gasteiger partial charge on any atom is 0.276 e. The van der Waals surface area contributed by atoms with Crippen molar-refractivity contribution in [2.75, 3.05) is 0 Å². The van der Waals surface area contributed by atoms with Crippen molar-refractivity contribution in [2.24, 2.45) is 0 Å². The molecule has 78 valence electrons. The fourth-order valence-corrected chi connectivity index (χ4v) is 6.28. The second kappa shape index (κ2) is 4.69. The molecule has 1 aliphatic rings. The minimum atomic E-state index is -0.553. The van der Waals surface area contributed by atoms with Crippen LogP contribution in [0.4, 0.5) is 0 Å². The molecule has 0 nitrogen and oxygen atoms in total. The molecule has 0 N–H and O–H groups in total. The van der Waals surface area contributed by atoms with E-state index in [0.717, 1.165) is 4.78 Å². The third-order valence-electron chi connectivity index (χ3n) is 4.20. The van der Waals surface area contributed by atoms with E-state index >= 15 is 0 Å². The highest BCUT2D eigenvalue weighted by Gasteiger charge is 2.32. The minimum absolute atomic E-state index is 0.553. The summed E-state index contributed by atoms with van der Waals surface area (Å²) in [6, 6.07) is 0. The summed E-state index contributed by atoms with van der Waals surface area (Å²) in [5.74, 6) is 0. The molecule has 0 aromatic carbocycles. The lowest BCUT2D eigenvalue weighted by atomic mass is 10.1. The lowest BCUT2D eigenvalue weighted by Crippen LogP contribution is -2.19. The molecule has 0 fully saturated rings. The number of hydrogen-bond acceptors (Lipinski definition) is 0. The highest BCUT2D eigenvalue weighted by Crippen LogP contribution is 2.44. The van der Waals surface area contributed by atoms with Crippen molar-refractivity contribution in [3.8, 4) is 0 Å². The van der Waals surface area contributed by atoms with E-state index in [9.17, 15) is 0 Å². The Hall–Kier alpha value is 0.0125. The van der Waals surface area contributed by atoms with Crippen molar-refractivity contribution in [3.63, 3.8) is 0 Å². The Morgan fingerprint density at radius 1 is 0.857 bits per heavy atom. The smallest absolute Gasteiger partial charge is 0.0961 e. The summed E-state index contributed by atoms with van der Waals surface area (Å²) in [6.07, 6.45) is 0. The van der Waals surface area contributed by atoms with Gasteiger partial charge < -0.3 is 0 Å². The summed E-state index contributed by atoms with van der Waals surface area (Å²) in [6.45, 7) is 14.1. The van der Waals surface area contributed by atoms with Crippen LogP contribution in [0.25, 0.3) is 0 Å². The van der Waals surface area contributed by atoms with Crippen LogP contribution in [0.3, 0.4) is 0 Å². The summed E-state index contributed by atoms with van der Waals surface area (Å²) in [7, 11) is 0. The second-order valence-corrected chi connectivity index (χ2v) is 8.49. The first kappa shape index (κ1) is 12.1. The Bertz CT molecular complexity index is 256. The van der Waals surface area contributed by atoms with E-state index in [1.165, 1.54) is 10.6 Å². The Morgan fingerprint density at radius 3 is 1.50 bits per heavy atom. The van der Waals surface area contributed by atoms with Crippen LogP contribution in [0.2, 0.25) is 15.3 Å². The molecule has 0 saturated heterocycles. The lowest BCUT2D eigenvalue weighted by Gasteiger charge is -2.20. The van der Waals surface area contributed by atoms with Gasteiger partial charge in [-0.1, -0.05) is 46.7 Å². The molecule has 0 amide bonds. The molecule has 0 radical (unpaired) electrons. The predicted octanol–water partition coefficient (Wildman–Crippen LogP) is 4.58. The molecular weight excluding hydrogens is 183 g/mol. The molecule has 1 aliphatic carbocycles. The van der Waals surface area contributed by atoms with Gasteiger partial charge in [0.15, 0.2) is 0 Å².